The van der Waals surface area contributed by atoms with E-state index in [1.165, 1.54) is 7.11 Å². The third kappa shape index (κ3) is 2.01. The van der Waals surface area contributed by atoms with Gasteiger partial charge >= 0.3 is 5.97 Å². The Kier molecular flexibility index (Phi) is 2.90. The highest BCUT2D eigenvalue weighted by Gasteiger charge is 2.18. The molecule has 0 radical (unpaired) electrons. The van der Waals surface area contributed by atoms with Gasteiger partial charge in [-0.05, 0) is 6.92 Å². The molecule has 0 spiro atoms. The van der Waals surface area contributed by atoms with E-state index in [2.05, 4.69) is 19.9 Å². The van der Waals surface area contributed by atoms with Gasteiger partial charge in [-0.1, -0.05) is 30.3 Å². The van der Waals surface area contributed by atoms with Gasteiger partial charge in [-0.15, -0.1) is 0 Å². The SMILES string of the molecule is COC(=O)c1nc(-c2ccccc2)nc2nc(C)[nH]c12. The van der Waals surface area contributed by atoms with E-state index >= 15 is 0 Å². The number of aromatic nitrogens is 4. The Hall–Kier alpha value is -2.76. The maximum Gasteiger partial charge on any atom is 0.359 e. The molecule has 0 aliphatic heterocycles. The Bertz CT molecular complexity index is 780. The first kappa shape index (κ1) is 12.3. The van der Waals surface area contributed by atoms with E-state index in [1.54, 1.807) is 6.92 Å². The van der Waals surface area contributed by atoms with Crippen LogP contribution in [0.15, 0.2) is 30.3 Å². The monoisotopic (exact) mass is 268 g/mol. The minimum absolute atomic E-state index is 0.192. The number of nitrogens with one attached hydrogen (secondary N) is 1. The Labute approximate surface area is 114 Å². The average Bonchev–Trinajstić information content (AvgIpc) is 2.86. The Morgan fingerprint density at radius 1 is 1.15 bits per heavy atom. The molecule has 2 aromatic heterocycles. The first-order valence-corrected chi connectivity index (χ1v) is 6.07. The van der Waals surface area contributed by atoms with Crippen molar-refractivity contribution in [2.45, 2.75) is 6.92 Å². The highest BCUT2D eigenvalue weighted by atomic mass is 16.5. The van der Waals surface area contributed by atoms with Gasteiger partial charge < -0.3 is 9.72 Å². The third-order valence-electron chi connectivity index (χ3n) is 2.88. The Balaban J connectivity index is 2.27. The largest absolute Gasteiger partial charge is 0.464 e. The van der Waals surface area contributed by atoms with Gasteiger partial charge in [0.15, 0.2) is 17.2 Å². The van der Waals surface area contributed by atoms with E-state index in [0.29, 0.717) is 22.8 Å². The second-order valence-electron chi connectivity index (χ2n) is 4.27. The molecule has 6 nitrogen and oxygen atoms in total. The second-order valence-corrected chi connectivity index (χ2v) is 4.27. The molecule has 0 aliphatic rings. The number of carbonyl (C=O) groups is 1. The van der Waals surface area contributed by atoms with Gasteiger partial charge in [0.2, 0.25) is 0 Å². The van der Waals surface area contributed by atoms with Crippen LogP contribution in [-0.4, -0.2) is 33.0 Å². The van der Waals surface area contributed by atoms with E-state index in [4.69, 9.17) is 4.74 Å². The molecule has 1 N–H and O–H groups in total. The van der Waals surface area contributed by atoms with Crippen molar-refractivity contribution in [2.75, 3.05) is 7.11 Å². The maximum atomic E-state index is 11.9. The number of nitrogens with zero attached hydrogens (tertiary/aromatic N) is 3. The molecule has 1 aromatic carbocycles. The van der Waals surface area contributed by atoms with Gasteiger partial charge in [-0.2, -0.15) is 0 Å². The molecule has 0 bridgehead atoms. The van der Waals surface area contributed by atoms with Crippen molar-refractivity contribution in [3.8, 4) is 11.4 Å². The van der Waals surface area contributed by atoms with E-state index in [-0.39, 0.29) is 5.69 Å². The summed E-state index contributed by atoms with van der Waals surface area (Å²) in [5.74, 6) is 0.605. The minimum atomic E-state index is -0.516. The first-order valence-electron chi connectivity index (χ1n) is 6.07. The van der Waals surface area contributed by atoms with Crippen molar-refractivity contribution in [1.29, 1.82) is 0 Å². The molecular weight excluding hydrogens is 256 g/mol. The molecule has 3 rings (SSSR count). The van der Waals surface area contributed by atoms with Gasteiger partial charge in [0.1, 0.15) is 11.3 Å². The highest BCUT2D eigenvalue weighted by Crippen LogP contribution is 2.20. The Morgan fingerprint density at radius 2 is 1.90 bits per heavy atom. The van der Waals surface area contributed by atoms with Gasteiger partial charge in [0, 0.05) is 5.56 Å². The summed E-state index contributed by atoms with van der Waals surface area (Å²) in [7, 11) is 1.32. The van der Waals surface area contributed by atoms with Crippen LogP contribution in [0.3, 0.4) is 0 Å². The predicted octanol–water partition coefficient (Wildman–Crippen LogP) is 2.11. The topological polar surface area (TPSA) is 80.8 Å². The number of hydrogen-bond acceptors (Lipinski definition) is 5. The molecule has 0 amide bonds. The van der Waals surface area contributed by atoms with Crippen LogP contribution in [0, 0.1) is 6.92 Å². The van der Waals surface area contributed by atoms with Crippen molar-refractivity contribution < 1.29 is 9.53 Å². The fraction of sp³-hybridized carbons (Fsp3) is 0.143. The standard InChI is InChI=1S/C14H12N4O2/c1-8-15-10-11(14(19)20-2)17-12(18-13(10)16-8)9-6-4-3-5-7-9/h3-7H,1-2H3,(H,15,16,17,18). The van der Waals surface area contributed by atoms with Crippen molar-refractivity contribution >= 4 is 17.1 Å². The smallest absolute Gasteiger partial charge is 0.359 e. The molecule has 6 heteroatoms. The highest BCUT2D eigenvalue weighted by molar-refractivity contribution is 5.99. The number of carbonyl (C=O) groups excluding carboxylic acids is 1. The lowest BCUT2D eigenvalue weighted by atomic mass is 10.2. The number of methoxy groups -OCH3 is 1. The second kappa shape index (κ2) is 4.73. The fourth-order valence-corrected chi connectivity index (χ4v) is 1.97. The minimum Gasteiger partial charge on any atom is -0.464 e. The number of aryl methyl sites for hydroxylation is 1. The molecule has 3 aromatic rings. The van der Waals surface area contributed by atoms with E-state index in [9.17, 15) is 4.79 Å². The number of rotatable bonds is 2. The van der Waals surface area contributed by atoms with Crippen molar-refractivity contribution in [1.82, 2.24) is 19.9 Å². The molecule has 0 aliphatic carbocycles. The van der Waals surface area contributed by atoms with Crippen LogP contribution in [-0.2, 0) is 4.74 Å². The van der Waals surface area contributed by atoms with Gasteiger partial charge in [-0.25, -0.2) is 19.7 Å². The number of esters is 1. The molecule has 100 valence electrons. The van der Waals surface area contributed by atoms with Gasteiger partial charge in [0.05, 0.1) is 7.11 Å². The van der Waals surface area contributed by atoms with Crippen LogP contribution in [0.5, 0.6) is 0 Å². The molecule has 2 heterocycles. The van der Waals surface area contributed by atoms with E-state index in [0.717, 1.165) is 5.56 Å². The summed E-state index contributed by atoms with van der Waals surface area (Å²) in [5, 5.41) is 0. The molecule has 0 fully saturated rings. The number of H-pyrrole nitrogens is 1. The summed E-state index contributed by atoms with van der Waals surface area (Å²) in [6.45, 7) is 1.80. The number of aromatic amines is 1. The lowest BCUT2D eigenvalue weighted by molar-refractivity contribution is 0.0596. The van der Waals surface area contributed by atoms with Gasteiger partial charge in [0.25, 0.3) is 0 Å². The number of fused-ring (bicyclic) bond motifs is 1. The molecule has 0 unspecified atom stereocenters. The van der Waals surface area contributed by atoms with Crippen molar-refractivity contribution in [3.05, 3.63) is 41.9 Å². The molecular formula is C14H12N4O2. The van der Waals surface area contributed by atoms with Crippen LogP contribution >= 0.6 is 0 Å². The predicted molar refractivity (Wildman–Crippen MR) is 73.2 cm³/mol. The van der Waals surface area contributed by atoms with Gasteiger partial charge in [-0.3, -0.25) is 0 Å². The van der Waals surface area contributed by atoms with Crippen LogP contribution in [0.2, 0.25) is 0 Å². The first-order chi connectivity index (χ1) is 9.69. The molecule has 0 saturated carbocycles. The van der Waals surface area contributed by atoms with Crippen LogP contribution in [0.1, 0.15) is 16.3 Å². The zero-order valence-corrected chi connectivity index (χ0v) is 11.0. The zero-order chi connectivity index (χ0) is 14.1. The Morgan fingerprint density at radius 3 is 2.60 bits per heavy atom. The fourth-order valence-electron chi connectivity index (χ4n) is 1.97. The number of ether oxygens (including phenoxy) is 1. The lowest BCUT2D eigenvalue weighted by Crippen LogP contribution is -2.07. The normalized spacial score (nSPS) is 10.7. The summed E-state index contributed by atoms with van der Waals surface area (Å²) in [6.07, 6.45) is 0. The van der Waals surface area contributed by atoms with E-state index < -0.39 is 5.97 Å². The summed E-state index contributed by atoms with van der Waals surface area (Å²) < 4.78 is 4.77. The molecule has 20 heavy (non-hydrogen) atoms. The summed E-state index contributed by atoms with van der Waals surface area (Å²) in [4.78, 5) is 27.8. The van der Waals surface area contributed by atoms with Crippen LogP contribution in [0.4, 0.5) is 0 Å². The zero-order valence-electron chi connectivity index (χ0n) is 11.0. The average molecular weight is 268 g/mol. The summed E-state index contributed by atoms with van der Waals surface area (Å²) in [5.41, 5.74) is 1.96. The maximum absolute atomic E-state index is 11.9. The number of benzene rings is 1. The molecule has 0 atom stereocenters. The third-order valence-corrected chi connectivity index (χ3v) is 2.88. The quantitative estimate of drug-likeness (QED) is 0.720. The van der Waals surface area contributed by atoms with E-state index in [1.807, 2.05) is 30.3 Å². The molecule has 0 saturated heterocycles. The summed E-state index contributed by atoms with van der Waals surface area (Å²) >= 11 is 0. The van der Waals surface area contributed by atoms with Crippen molar-refractivity contribution in [2.24, 2.45) is 0 Å². The van der Waals surface area contributed by atoms with Crippen molar-refractivity contribution in [3.63, 3.8) is 0 Å². The van der Waals surface area contributed by atoms with Crippen LogP contribution < -0.4 is 0 Å². The number of imidazole rings is 1. The van der Waals surface area contributed by atoms with Crippen LogP contribution in [0.25, 0.3) is 22.6 Å². The lowest BCUT2D eigenvalue weighted by Gasteiger charge is -2.03. The number of hydrogen-bond donors (Lipinski definition) is 1. The summed E-state index contributed by atoms with van der Waals surface area (Å²) in [6, 6.07) is 9.43.